The number of hydrogen-bond donors (Lipinski definition) is 1. The van der Waals surface area contributed by atoms with Gasteiger partial charge in [-0.05, 0) is 19.4 Å². The zero-order chi connectivity index (χ0) is 14.3. The van der Waals surface area contributed by atoms with Crippen LogP contribution in [0, 0.1) is 0 Å². The first-order valence-electron chi connectivity index (χ1n) is 6.19. The van der Waals surface area contributed by atoms with Gasteiger partial charge in [0, 0.05) is 32.6 Å². The maximum Gasteiger partial charge on any atom is 0.361 e. The Hall–Kier alpha value is -0.920. The molecule has 0 aromatic rings. The molecule has 1 rings (SSSR count). The fourth-order valence-corrected chi connectivity index (χ4v) is 2.39. The molecule has 1 heterocycles. The molecule has 1 saturated heterocycles. The van der Waals surface area contributed by atoms with Crippen LogP contribution in [0.3, 0.4) is 0 Å². The SMILES string of the molecule is CO[C@@]1(C(=O)OC(=O)CCCSC(C)=O)CCCN1. The molecule has 1 N–H and O–H groups in total. The van der Waals surface area contributed by atoms with Gasteiger partial charge in [0.15, 0.2) is 5.12 Å². The molecule has 1 aliphatic heterocycles. The van der Waals surface area contributed by atoms with Crippen LogP contribution >= 0.6 is 11.8 Å². The predicted octanol–water partition coefficient (Wildman–Crippen LogP) is 0.842. The van der Waals surface area contributed by atoms with Gasteiger partial charge in [-0.3, -0.25) is 14.9 Å². The van der Waals surface area contributed by atoms with Crippen molar-refractivity contribution in [1.29, 1.82) is 0 Å². The standard InChI is InChI=1S/C12H19NO5S/c1-9(14)19-8-3-5-10(15)18-11(16)12(17-2)6-4-7-13-12/h13H,3-8H2,1-2H3/t12-/m1/s1. The van der Waals surface area contributed by atoms with E-state index in [0.29, 0.717) is 25.1 Å². The Bertz CT molecular complexity index is 352. The van der Waals surface area contributed by atoms with Crippen LogP contribution in [0.2, 0.25) is 0 Å². The highest BCUT2D eigenvalue weighted by Crippen LogP contribution is 2.22. The second-order valence-electron chi connectivity index (χ2n) is 4.27. The van der Waals surface area contributed by atoms with E-state index in [1.165, 1.54) is 14.0 Å². The first-order valence-corrected chi connectivity index (χ1v) is 7.17. The highest BCUT2D eigenvalue weighted by atomic mass is 32.2. The molecular weight excluding hydrogens is 270 g/mol. The zero-order valence-electron chi connectivity index (χ0n) is 11.2. The van der Waals surface area contributed by atoms with Crippen LogP contribution in [0.25, 0.3) is 0 Å². The maximum atomic E-state index is 11.9. The number of ether oxygens (including phenoxy) is 2. The van der Waals surface area contributed by atoms with Crippen LogP contribution in [0.4, 0.5) is 0 Å². The lowest BCUT2D eigenvalue weighted by Gasteiger charge is -2.24. The summed E-state index contributed by atoms with van der Waals surface area (Å²) in [5.41, 5.74) is -1.18. The van der Waals surface area contributed by atoms with E-state index in [0.717, 1.165) is 18.2 Å². The molecule has 1 aliphatic rings. The van der Waals surface area contributed by atoms with Gasteiger partial charge < -0.3 is 9.47 Å². The van der Waals surface area contributed by atoms with Gasteiger partial charge in [0.2, 0.25) is 5.72 Å². The zero-order valence-corrected chi connectivity index (χ0v) is 12.0. The highest BCUT2D eigenvalue weighted by Gasteiger charge is 2.43. The van der Waals surface area contributed by atoms with E-state index in [1.807, 2.05) is 0 Å². The van der Waals surface area contributed by atoms with Gasteiger partial charge in [-0.2, -0.15) is 0 Å². The molecule has 6 nitrogen and oxygen atoms in total. The molecule has 0 aromatic heterocycles. The van der Waals surface area contributed by atoms with Gasteiger partial charge in [0.1, 0.15) is 0 Å². The van der Waals surface area contributed by atoms with Crippen molar-refractivity contribution in [1.82, 2.24) is 5.32 Å². The number of nitrogens with one attached hydrogen (secondary N) is 1. The number of thioether (sulfide) groups is 1. The summed E-state index contributed by atoms with van der Waals surface area (Å²) >= 11 is 1.15. The molecule has 1 fully saturated rings. The van der Waals surface area contributed by atoms with E-state index in [-0.39, 0.29) is 11.5 Å². The Morgan fingerprint density at radius 2 is 2.11 bits per heavy atom. The quantitative estimate of drug-likeness (QED) is 0.441. The minimum atomic E-state index is -1.18. The smallest absolute Gasteiger partial charge is 0.361 e. The summed E-state index contributed by atoms with van der Waals surface area (Å²) in [5.74, 6) is -0.720. The van der Waals surface area contributed by atoms with E-state index in [4.69, 9.17) is 9.47 Å². The van der Waals surface area contributed by atoms with E-state index >= 15 is 0 Å². The van der Waals surface area contributed by atoms with Crippen molar-refractivity contribution >= 4 is 28.8 Å². The summed E-state index contributed by atoms with van der Waals surface area (Å²) < 4.78 is 9.91. The number of esters is 2. The highest BCUT2D eigenvalue weighted by molar-refractivity contribution is 8.13. The van der Waals surface area contributed by atoms with Crippen molar-refractivity contribution in [2.45, 2.75) is 38.3 Å². The third-order valence-corrected chi connectivity index (χ3v) is 3.73. The molecule has 0 aliphatic carbocycles. The Balaban J connectivity index is 2.31. The molecule has 0 spiro atoms. The summed E-state index contributed by atoms with van der Waals surface area (Å²) in [6.07, 6.45) is 1.91. The van der Waals surface area contributed by atoms with Crippen molar-refractivity contribution in [3.05, 3.63) is 0 Å². The number of rotatable bonds is 6. The maximum absolute atomic E-state index is 11.9. The third-order valence-electron chi connectivity index (χ3n) is 2.83. The first-order chi connectivity index (χ1) is 9.00. The molecular formula is C12H19NO5S. The first kappa shape index (κ1) is 16.1. The topological polar surface area (TPSA) is 81.7 Å². The minimum absolute atomic E-state index is 0.0120. The van der Waals surface area contributed by atoms with Crippen molar-refractivity contribution < 1.29 is 23.9 Å². The molecule has 0 amide bonds. The number of carbonyl (C=O) groups is 3. The Kier molecular flexibility index (Phi) is 6.47. The molecule has 7 heteroatoms. The normalized spacial score (nSPS) is 22.2. The van der Waals surface area contributed by atoms with Crippen LogP contribution in [-0.2, 0) is 23.9 Å². The largest absolute Gasteiger partial charge is 0.390 e. The summed E-state index contributed by atoms with van der Waals surface area (Å²) in [7, 11) is 1.41. The van der Waals surface area contributed by atoms with Crippen LogP contribution in [0.1, 0.15) is 32.6 Å². The molecule has 19 heavy (non-hydrogen) atoms. The van der Waals surface area contributed by atoms with Crippen molar-refractivity contribution in [3.63, 3.8) is 0 Å². The summed E-state index contributed by atoms with van der Waals surface area (Å²) in [6.45, 7) is 2.13. The fourth-order valence-electron chi connectivity index (χ4n) is 1.82. The molecule has 0 aromatic carbocycles. The van der Waals surface area contributed by atoms with Crippen molar-refractivity contribution in [2.24, 2.45) is 0 Å². The third kappa shape index (κ3) is 4.93. The molecule has 1 atom stereocenters. The Morgan fingerprint density at radius 3 is 2.63 bits per heavy atom. The van der Waals surface area contributed by atoms with E-state index in [9.17, 15) is 14.4 Å². The number of carbonyl (C=O) groups excluding carboxylic acids is 3. The fraction of sp³-hybridized carbons (Fsp3) is 0.750. The van der Waals surface area contributed by atoms with Gasteiger partial charge in [0.25, 0.3) is 0 Å². The molecule has 0 radical (unpaired) electrons. The molecule has 0 bridgehead atoms. The summed E-state index contributed by atoms with van der Waals surface area (Å²) in [6, 6.07) is 0. The van der Waals surface area contributed by atoms with Gasteiger partial charge in [0.05, 0.1) is 0 Å². The number of methoxy groups -OCH3 is 1. The second kappa shape index (κ2) is 7.62. The second-order valence-corrected chi connectivity index (χ2v) is 5.54. The van der Waals surface area contributed by atoms with Gasteiger partial charge in [-0.25, -0.2) is 4.79 Å². The van der Waals surface area contributed by atoms with E-state index < -0.39 is 17.7 Å². The van der Waals surface area contributed by atoms with Crippen molar-refractivity contribution in [2.75, 3.05) is 19.4 Å². The van der Waals surface area contributed by atoms with Gasteiger partial charge in [-0.15, -0.1) is 0 Å². The molecule has 108 valence electrons. The van der Waals surface area contributed by atoms with Crippen LogP contribution < -0.4 is 5.32 Å². The van der Waals surface area contributed by atoms with Crippen LogP contribution in [0.5, 0.6) is 0 Å². The average molecular weight is 289 g/mol. The van der Waals surface area contributed by atoms with Gasteiger partial charge >= 0.3 is 11.9 Å². The monoisotopic (exact) mass is 289 g/mol. The Morgan fingerprint density at radius 1 is 1.37 bits per heavy atom. The molecule has 0 unspecified atom stereocenters. The lowest BCUT2D eigenvalue weighted by molar-refractivity contribution is -0.178. The van der Waals surface area contributed by atoms with E-state index in [2.05, 4.69) is 5.32 Å². The van der Waals surface area contributed by atoms with Crippen LogP contribution in [0.15, 0.2) is 0 Å². The molecule has 0 saturated carbocycles. The van der Waals surface area contributed by atoms with Crippen LogP contribution in [-0.4, -0.2) is 42.2 Å². The minimum Gasteiger partial charge on any atom is -0.390 e. The lowest BCUT2D eigenvalue weighted by Crippen LogP contribution is -2.50. The lowest BCUT2D eigenvalue weighted by atomic mass is 10.1. The number of hydrogen-bond acceptors (Lipinski definition) is 7. The van der Waals surface area contributed by atoms with Gasteiger partial charge in [-0.1, -0.05) is 11.8 Å². The predicted molar refractivity (Wildman–Crippen MR) is 70.4 cm³/mol. The van der Waals surface area contributed by atoms with E-state index in [1.54, 1.807) is 0 Å². The van der Waals surface area contributed by atoms with Crippen molar-refractivity contribution in [3.8, 4) is 0 Å². The average Bonchev–Trinajstić information content (AvgIpc) is 2.84. The summed E-state index contributed by atoms with van der Waals surface area (Å²) in [5, 5.41) is 2.92. The summed E-state index contributed by atoms with van der Waals surface area (Å²) in [4.78, 5) is 34.0. The Labute approximate surface area is 116 Å².